The number of aryl methyl sites for hydroxylation is 1. The number of carbonyl (C=O) groups is 1. The van der Waals surface area contributed by atoms with Crippen LogP contribution < -0.4 is 16.4 Å². The van der Waals surface area contributed by atoms with Gasteiger partial charge in [0.25, 0.3) is 0 Å². The summed E-state index contributed by atoms with van der Waals surface area (Å²) in [6.45, 7) is 6.61. The van der Waals surface area contributed by atoms with E-state index in [2.05, 4.69) is 10.6 Å². The van der Waals surface area contributed by atoms with Gasteiger partial charge in [0, 0.05) is 11.2 Å². The lowest BCUT2D eigenvalue weighted by molar-refractivity contribution is 0.235. The highest BCUT2D eigenvalue weighted by molar-refractivity contribution is 5.89. The molecule has 1 aromatic rings. The van der Waals surface area contributed by atoms with Crippen LogP contribution in [0.5, 0.6) is 0 Å². The average Bonchev–Trinajstić information content (AvgIpc) is 2.29. The summed E-state index contributed by atoms with van der Waals surface area (Å²) in [4.78, 5) is 11.9. The Balaban J connectivity index is 2.61. The second-order valence-corrected chi connectivity index (χ2v) is 4.90. The largest absolute Gasteiger partial charge is 0.333 e. The quantitative estimate of drug-likeness (QED) is 0.751. The van der Waals surface area contributed by atoms with E-state index in [-0.39, 0.29) is 11.6 Å². The van der Waals surface area contributed by atoms with Gasteiger partial charge >= 0.3 is 6.03 Å². The molecule has 2 amide bonds. The van der Waals surface area contributed by atoms with Gasteiger partial charge in [-0.3, -0.25) is 0 Å². The number of benzene rings is 1. The summed E-state index contributed by atoms with van der Waals surface area (Å²) in [5, 5.41) is 5.82. The minimum absolute atomic E-state index is 0.182. The molecule has 1 unspecified atom stereocenters. The number of hydrogen-bond acceptors (Lipinski definition) is 2. The number of rotatable bonds is 5. The van der Waals surface area contributed by atoms with Crippen molar-refractivity contribution in [2.24, 2.45) is 5.73 Å². The molecule has 4 heteroatoms. The third-order valence-corrected chi connectivity index (χ3v) is 3.17. The normalized spacial score (nSPS) is 13.8. The van der Waals surface area contributed by atoms with Crippen molar-refractivity contribution < 1.29 is 4.79 Å². The standard InChI is InChI=1S/C14H23N3O/c1-4-14(3,8-9-15)17-13(18)16-12-7-5-6-11(2)10-12/h5-7,10H,4,8-9,15H2,1-3H3,(H2,16,17,18). The Morgan fingerprint density at radius 2 is 2.17 bits per heavy atom. The minimum Gasteiger partial charge on any atom is -0.333 e. The number of carbonyl (C=O) groups excluding carboxylic acids is 1. The fraction of sp³-hybridized carbons (Fsp3) is 0.500. The van der Waals surface area contributed by atoms with Crippen molar-refractivity contribution in [3.8, 4) is 0 Å². The van der Waals surface area contributed by atoms with Gasteiger partial charge in [0.05, 0.1) is 0 Å². The Labute approximate surface area is 109 Å². The van der Waals surface area contributed by atoms with E-state index >= 15 is 0 Å². The molecule has 0 heterocycles. The maximum Gasteiger partial charge on any atom is 0.319 e. The Morgan fingerprint density at radius 1 is 1.44 bits per heavy atom. The van der Waals surface area contributed by atoms with Gasteiger partial charge in [-0.1, -0.05) is 19.1 Å². The molecular weight excluding hydrogens is 226 g/mol. The van der Waals surface area contributed by atoms with Gasteiger partial charge in [0.1, 0.15) is 0 Å². The molecule has 1 aromatic carbocycles. The molecule has 0 saturated carbocycles. The highest BCUT2D eigenvalue weighted by atomic mass is 16.2. The number of hydrogen-bond donors (Lipinski definition) is 3. The van der Waals surface area contributed by atoms with Crippen molar-refractivity contribution in [2.45, 2.75) is 39.2 Å². The number of urea groups is 1. The number of nitrogens with one attached hydrogen (secondary N) is 2. The number of amides is 2. The molecule has 4 nitrogen and oxygen atoms in total. The van der Waals surface area contributed by atoms with Crippen molar-refractivity contribution in [3.05, 3.63) is 29.8 Å². The SMILES string of the molecule is CCC(C)(CCN)NC(=O)Nc1cccc(C)c1. The van der Waals surface area contributed by atoms with Crippen LogP contribution in [-0.2, 0) is 0 Å². The lowest BCUT2D eigenvalue weighted by Crippen LogP contribution is -2.48. The fourth-order valence-electron chi connectivity index (χ4n) is 1.81. The number of nitrogens with two attached hydrogens (primary N) is 1. The minimum atomic E-state index is -0.247. The van der Waals surface area contributed by atoms with Crippen LogP contribution in [0.25, 0.3) is 0 Å². The Hall–Kier alpha value is -1.55. The molecular formula is C14H23N3O. The molecule has 0 bridgehead atoms. The predicted molar refractivity (Wildman–Crippen MR) is 75.7 cm³/mol. The zero-order valence-corrected chi connectivity index (χ0v) is 11.4. The third-order valence-electron chi connectivity index (χ3n) is 3.17. The Kier molecular flexibility index (Phi) is 5.16. The van der Waals surface area contributed by atoms with Gasteiger partial charge in [-0.15, -0.1) is 0 Å². The predicted octanol–water partition coefficient (Wildman–Crippen LogP) is 2.63. The first-order valence-electron chi connectivity index (χ1n) is 6.35. The van der Waals surface area contributed by atoms with Crippen LogP contribution in [0.3, 0.4) is 0 Å². The van der Waals surface area contributed by atoms with Crippen LogP contribution in [0.4, 0.5) is 10.5 Å². The summed E-state index contributed by atoms with van der Waals surface area (Å²) in [5.74, 6) is 0. The molecule has 0 radical (unpaired) electrons. The monoisotopic (exact) mass is 249 g/mol. The molecule has 4 N–H and O–H groups in total. The molecule has 0 aliphatic rings. The van der Waals surface area contributed by atoms with E-state index in [0.29, 0.717) is 6.54 Å². The summed E-state index contributed by atoms with van der Waals surface area (Å²) >= 11 is 0. The summed E-state index contributed by atoms with van der Waals surface area (Å²) < 4.78 is 0. The van der Waals surface area contributed by atoms with Crippen molar-refractivity contribution in [1.82, 2.24) is 5.32 Å². The molecule has 0 aliphatic carbocycles. The molecule has 1 rings (SSSR count). The molecule has 0 aliphatic heterocycles. The summed E-state index contributed by atoms with van der Waals surface area (Å²) in [6.07, 6.45) is 1.62. The van der Waals surface area contributed by atoms with E-state index in [1.165, 1.54) is 0 Å². The van der Waals surface area contributed by atoms with Crippen LogP contribution in [0.2, 0.25) is 0 Å². The van der Waals surface area contributed by atoms with Gasteiger partial charge in [-0.05, 0) is 50.9 Å². The van der Waals surface area contributed by atoms with Gasteiger partial charge in [0.15, 0.2) is 0 Å². The molecule has 100 valence electrons. The Bertz CT molecular complexity index is 406. The van der Waals surface area contributed by atoms with E-state index in [1.54, 1.807) is 0 Å². The van der Waals surface area contributed by atoms with E-state index in [9.17, 15) is 4.79 Å². The first-order valence-corrected chi connectivity index (χ1v) is 6.35. The summed E-state index contributed by atoms with van der Waals surface area (Å²) in [5.41, 5.74) is 7.24. The highest BCUT2D eigenvalue weighted by Gasteiger charge is 2.23. The van der Waals surface area contributed by atoms with Gasteiger partial charge < -0.3 is 16.4 Å². The molecule has 18 heavy (non-hydrogen) atoms. The van der Waals surface area contributed by atoms with Crippen molar-refractivity contribution >= 4 is 11.7 Å². The fourth-order valence-corrected chi connectivity index (χ4v) is 1.81. The van der Waals surface area contributed by atoms with Crippen molar-refractivity contribution in [2.75, 3.05) is 11.9 Å². The van der Waals surface area contributed by atoms with Gasteiger partial charge in [-0.2, -0.15) is 0 Å². The van der Waals surface area contributed by atoms with Gasteiger partial charge in [0.2, 0.25) is 0 Å². The maximum absolute atomic E-state index is 11.9. The van der Waals surface area contributed by atoms with Crippen molar-refractivity contribution in [3.63, 3.8) is 0 Å². The third kappa shape index (κ3) is 4.37. The van der Waals surface area contributed by atoms with Crippen LogP contribution in [0.15, 0.2) is 24.3 Å². The van der Waals surface area contributed by atoms with Crippen LogP contribution in [0.1, 0.15) is 32.3 Å². The molecule has 0 aromatic heterocycles. The van der Waals surface area contributed by atoms with E-state index in [4.69, 9.17) is 5.73 Å². The lowest BCUT2D eigenvalue weighted by Gasteiger charge is -2.29. The average molecular weight is 249 g/mol. The van der Waals surface area contributed by atoms with Crippen molar-refractivity contribution in [1.29, 1.82) is 0 Å². The topological polar surface area (TPSA) is 67.1 Å². The maximum atomic E-state index is 11.9. The van der Waals surface area contributed by atoms with Gasteiger partial charge in [-0.25, -0.2) is 4.79 Å². The molecule has 1 atom stereocenters. The zero-order valence-electron chi connectivity index (χ0n) is 11.4. The van der Waals surface area contributed by atoms with Crippen LogP contribution >= 0.6 is 0 Å². The Morgan fingerprint density at radius 3 is 2.72 bits per heavy atom. The second kappa shape index (κ2) is 6.40. The lowest BCUT2D eigenvalue weighted by atomic mass is 9.95. The summed E-state index contributed by atoms with van der Waals surface area (Å²) in [6, 6.07) is 7.54. The van der Waals surface area contributed by atoms with Crippen LogP contribution in [0, 0.1) is 6.92 Å². The van der Waals surface area contributed by atoms with Crippen LogP contribution in [-0.4, -0.2) is 18.1 Å². The first-order chi connectivity index (χ1) is 8.49. The summed E-state index contributed by atoms with van der Waals surface area (Å²) in [7, 11) is 0. The molecule has 0 spiro atoms. The van der Waals surface area contributed by atoms with E-state index < -0.39 is 0 Å². The molecule has 0 saturated heterocycles. The molecule has 0 fully saturated rings. The number of anilines is 1. The first kappa shape index (κ1) is 14.5. The zero-order chi connectivity index (χ0) is 13.6. The van der Waals surface area contributed by atoms with E-state index in [1.807, 2.05) is 45.0 Å². The smallest absolute Gasteiger partial charge is 0.319 e. The van der Waals surface area contributed by atoms with E-state index in [0.717, 1.165) is 24.1 Å². The highest BCUT2D eigenvalue weighted by Crippen LogP contribution is 2.14. The second-order valence-electron chi connectivity index (χ2n) is 4.90.